The molecule has 0 aliphatic rings. The molecule has 0 saturated heterocycles. The minimum atomic E-state index is -5.20. The van der Waals surface area contributed by atoms with Crippen LogP contribution in [-0.4, -0.2) is 19.7 Å². The molecule has 1 rings (SSSR count). The maximum atomic E-state index is 12.0. The summed E-state index contributed by atoms with van der Waals surface area (Å²) in [6.07, 6.45) is -5.20. The molecule has 0 spiro atoms. The van der Waals surface area contributed by atoms with Crippen molar-refractivity contribution in [2.75, 3.05) is 0 Å². The van der Waals surface area contributed by atoms with Gasteiger partial charge in [0.2, 0.25) is 0 Å². The summed E-state index contributed by atoms with van der Waals surface area (Å²) in [5, 5.41) is 9.57. The standard InChI is InChI=1S/C7H2Cl2F3NO5S/c8-6-4(13(14)15)1-3(19(9,16)17)2-5(6)18-7(10,11)12/h1-2H. The Balaban J connectivity index is 3.54. The Bertz CT molecular complexity index is 630. The Morgan fingerprint density at radius 1 is 1.32 bits per heavy atom. The highest BCUT2D eigenvalue weighted by Crippen LogP contribution is 2.39. The van der Waals surface area contributed by atoms with Crippen LogP contribution in [0, 0.1) is 10.1 Å². The smallest absolute Gasteiger partial charge is 0.404 e. The molecule has 0 atom stereocenters. The lowest BCUT2D eigenvalue weighted by atomic mass is 10.3. The number of alkyl halides is 3. The zero-order valence-electron chi connectivity index (χ0n) is 8.44. The summed E-state index contributed by atoms with van der Waals surface area (Å²) >= 11 is 5.33. The molecule has 0 aliphatic heterocycles. The minimum absolute atomic E-state index is 0.338. The van der Waals surface area contributed by atoms with Crippen molar-refractivity contribution >= 4 is 37.0 Å². The van der Waals surface area contributed by atoms with Gasteiger partial charge in [-0.15, -0.1) is 13.2 Å². The predicted molar refractivity (Wildman–Crippen MR) is 57.8 cm³/mol. The number of ether oxygens (including phenoxy) is 1. The summed E-state index contributed by atoms with van der Waals surface area (Å²) in [7, 11) is 0.409. The molecule has 1 aromatic rings. The number of nitrogens with zero attached hydrogens (tertiary/aromatic N) is 1. The average Bonchev–Trinajstić information content (AvgIpc) is 2.16. The Morgan fingerprint density at radius 2 is 1.84 bits per heavy atom. The molecule has 106 valence electrons. The molecular weight excluding hydrogens is 338 g/mol. The first-order valence-corrected chi connectivity index (χ1v) is 6.79. The molecule has 0 N–H and O–H groups in total. The van der Waals surface area contributed by atoms with Crippen LogP contribution >= 0.6 is 22.3 Å². The Morgan fingerprint density at radius 3 is 2.21 bits per heavy atom. The zero-order chi connectivity index (χ0) is 15.0. The van der Waals surface area contributed by atoms with Gasteiger partial charge in [0.1, 0.15) is 0 Å². The normalized spacial score (nSPS) is 12.3. The lowest BCUT2D eigenvalue weighted by Gasteiger charge is -2.11. The first kappa shape index (κ1) is 15.8. The van der Waals surface area contributed by atoms with E-state index in [4.69, 9.17) is 22.3 Å². The average molecular weight is 340 g/mol. The van der Waals surface area contributed by atoms with Crippen molar-refractivity contribution in [3.63, 3.8) is 0 Å². The van der Waals surface area contributed by atoms with Crippen LogP contribution in [0.2, 0.25) is 5.02 Å². The van der Waals surface area contributed by atoms with Gasteiger partial charge in [0.05, 0.1) is 9.82 Å². The van der Waals surface area contributed by atoms with Gasteiger partial charge in [-0.1, -0.05) is 11.6 Å². The third kappa shape index (κ3) is 4.11. The quantitative estimate of drug-likeness (QED) is 0.479. The van der Waals surface area contributed by atoms with Crippen molar-refractivity contribution in [3.8, 4) is 5.75 Å². The summed E-state index contributed by atoms with van der Waals surface area (Å²) in [6.45, 7) is 0. The van der Waals surface area contributed by atoms with Crippen molar-refractivity contribution in [2.24, 2.45) is 0 Å². The zero-order valence-corrected chi connectivity index (χ0v) is 10.8. The molecule has 6 nitrogen and oxygen atoms in total. The molecular formula is C7H2Cl2F3NO5S. The lowest BCUT2D eigenvalue weighted by Crippen LogP contribution is -2.17. The summed E-state index contributed by atoms with van der Waals surface area (Å²) in [5.41, 5.74) is -1.08. The number of nitro benzene ring substituents is 1. The predicted octanol–water partition coefficient (Wildman–Crippen LogP) is 3.07. The van der Waals surface area contributed by atoms with Crippen LogP contribution in [0.4, 0.5) is 18.9 Å². The molecule has 0 heterocycles. The van der Waals surface area contributed by atoms with Crippen molar-refractivity contribution in [3.05, 3.63) is 27.3 Å². The first-order valence-electron chi connectivity index (χ1n) is 4.10. The van der Waals surface area contributed by atoms with Crippen LogP contribution in [0.15, 0.2) is 17.0 Å². The van der Waals surface area contributed by atoms with E-state index in [9.17, 15) is 31.7 Å². The molecule has 0 amide bonds. The largest absolute Gasteiger partial charge is 0.573 e. The van der Waals surface area contributed by atoms with Crippen LogP contribution in [-0.2, 0) is 9.05 Å². The van der Waals surface area contributed by atoms with E-state index in [0.29, 0.717) is 12.1 Å². The fraction of sp³-hybridized carbons (Fsp3) is 0.143. The molecule has 0 fully saturated rings. The summed E-state index contributed by atoms with van der Waals surface area (Å²) < 4.78 is 61.5. The van der Waals surface area contributed by atoms with Crippen LogP contribution in [0.25, 0.3) is 0 Å². The highest BCUT2D eigenvalue weighted by Gasteiger charge is 2.35. The van der Waals surface area contributed by atoms with E-state index >= 15 is 0 Å². The monoisotopic (exact) mass is 339 g/mol. The van der Waals surface area contributed by atoms with Crippen molar-refractivity contribution in [1.82, 2.24) is 0 Å². The number of benzene rings is 1. The van der Waals surface area contributed by atoms with Gasteiger partial charge in [-0.3, -0.25) is 10.1 Å². The van der Waals surface area contributed by atoms with E-state index in [1.54, 1.807) is 0 Å². The van der Waals surface area contributed by atoms with E-state index < -0.39 is 41.7 Å². The van der Waals surface area contributed by atoms with E-state index in [-0.39, 0.29) is 0 Å². The van der Waals surface area contributed by atoms with Crippen LogP contribution in [0.5, 0.6) is 5.75 Å². The highest BCUT2D eigenvalue weighted by atomic mass is 35.7. The Hall–Kier alpha value is -1.26. The van der Waals surface area contributed by atoms with Gasteiger partial charge in [0.15, 0.2) is 10.8 Å². The highest BCUT2D eigenvalue weighted by molar-refractivity contribution is 8.13. The molecule has 1 aromatic carbocycles. The molecule has 0 aromatic heterocycles. The number of hydrogen-bond acceptors (Lipinski definition) is 5. The molecule has 0 saturated carbocycles. The maximum absolute atomic E-state index is 12.0. The second-order valence-electron chi connectivity index (χ2n) is 3.00. The number of hydrogen-bond donors (Lipinski definition) is 0. The molecule has 12 heteroatoms. The number of rotatable bonds is 3. The third-order valence-electron chi connectivity index (χ3n) is 1.70. The van der Waals surface area contributed by atoms with E-state index in [0.717, 1.165) is 0 Å². The van der Waals surface area contributed by atoms with Crippen LogP contribution in [0.3, 0.4) is 0 Å². The lowest BCUT2D eigenvalue weighted by molar-refractivity contribution is -0.385. The molecule has 0 radical (unpaired) electrons. The number of nitro groups is 1. The fourth-order valence-corrected chi connectivity index (χ4v) is 2.02. The van der Waals surface area contributed by atoms with Gasteiger partial charge in [-0.25, -0.2) is 8.42 Å². The van der Waals surface area contributed by atoms with E-state index in [2.05, 4.69) is 4.74 Å². The molecule has 0 bridgehead atoms. The Labute approximate surface area is 113 Å². The SMILES string of the molecule is O=[N+]([O-])c1cc(S(=O)(=O)Cl)cc(OC(F)(F)F)c1Cl. The molecule has 19 heavy (non-hydrogen) atoms. The van der Waals surface area contributed by atoms with Gasteiger partial charge < -0.3 is 4.74 Å². The third-order valence-corrected chi connectivity index (χ3v) is 3.41. The van der Waals surface area contributed by atoms with Crippen molar-refractivity contribution in [2.45, 2.75) is 11.3 Å². The summed E-state index contributed by atoms with van der Waals surface area (Å²) in [4.78, 5) is 8.46. The summed E-state index contributed by atoms with van der Waals surface area (Å²) in [6, 6.07) is 0.763. The molecule has 0 aliphatic carbocycles. The van der Waals surface area contributed by atoms with E-state index in [1.165, 1.54) is 0 Å². The Kier molecular flexibility index (Phi) is 4.17. The van der Waals surface area contributed by atoms with Gasteiger partial charge in [0, 0.05) is 22.8 Å². The minimum Gasteiger partial charge on any atom is -0.404 e. The maximum Gasteiger partial charge on any atom is 0.573 e. The van der Waals surface area contributed by atoms with Gasteiger partial charge in [0.25, 0.3) is 14.7 Å². The van der Waals surface area contributed by atoms with E-state index in [1.807, 2.05) is 0 Å². The van der Waals surface area contributed by atoms with Crippen molar-refractivity contribution in [1.29, 1.82) is 0 Å². The second-order valence-corrected chi connectivity index (χ2v) is 5.94. The van der Waals surface area contributed by atoms with Gasteiger partial charge in [-0.05, 0) is 0 Å². The van der Waals surface area contributed by atoms with Gasteiger partial charge >= 0.3 is 6.36 Å². The van der Waals surface area contributed by atoms with Crippen molar-refractivity contribution < 1.29 is 31.2 Å². The second kappa shape index (κ2) is 5.02. The van der Waals surface area contributed by atoms with Crippen LogP contribution < -0.4 is 4.74 Å². The fourth-order valence-electron chi connectivity index (χ4n) is 1.03. The first-order chi connectivity index (χ1) is 8.42. The number of halogens is 5. The molecule has 0 unspecified atom stereocenters. The van der Waals surface area contributed by atoms with Gasteiger partial charge in [-0.2, -0.15) is 0 Å². The summed E-state index contributed by atoms with van der Waals surface area (Å²) in [5.74, 6) is -1.23. The van der Waals surface area contributed by atoms with Crippen LogP contribution in [0.1, 0.15) is 0 Å². The topological polar surface area (TPSA) is 86.5 Å².